The topological polar surface area (TPSA) is 23.8 Å². The molecule has 0 aromatic carbocycles. The number of rotatable bonds is 0. The molecule has 0 radical (unpaired) electrons. The molecule has 1 aliphatic rings. The summed E-state index contributed by atoms with van der Waals surface area (Å²) in [6, 6.07) is 0.286. The average molecular weight is 198 g/mol. The first-order chi connectivity index (χ1) is 4.81. The maximum absolute atomic E-state index is 7.27. The van der Waals surface area contributed by atoms with E-state index in [1.807, 2.05) is 0 Å². The van der Waals surface area contributed by atoms with Gasteiger partial charge in [-0.25, -0.2) is 0 Å². The van der Waals surface area contributed by atoms with Gasteiger partial charge in [0.1, 0.15) is 0 Å². The van der Waals surface area contributed by atoms with Crippen molar-refractivity contribution >= 4 is 17.4 Å². The predicted molar refractivity (Wildman–Crippen MR) is 48.7 cm³/mol. The molecule has 0 aliphatic heterocycles. The smallest absolute Gasteiger partial charge is 0.0534 e. The van der Waals surface area contributed by atoms with Crippen LogP contribution in [0.5, 0.6) is 0 Å². The second-order valence-corrected chi connectivity index (χ2v) is 5.33. The van der Waals surface area contributed by atoms with E-state index >= 15 is 0 Å². The van der Waals surface area contributed by atoms with Gasteiger partial charge in [0.2, 0.25) is 0 Å². The van der Waals surface area contributed by atoms with E-state index in [1.165, 1.54) is 19.3 Å². The molecule has 1 aliphatic carbocycles. The van der Waals surface area contributed by atoms with Crippen molar-refractivity contribution < 1.29 is 0 Å². The molecule has 1 nitrogen and oxygen atoms in total. The molecular formula is C8H18GaN. The SMILES string of the molecule is [CH3][Ga+][CH3].[NH-]C1CCCCC1. The van der Waals surface area contributed by atoms with Gasteiger partial charge in [0.05, 0.1) is 0 Å². The minimum absolute atomic E-state index is 0.286. The van der Waals surface area contributed by atoms with E-state index < -0.39 is 0 Å². The fourth-order valence-electron chi connectivity index (χ4n) is 1.10. The summed E-state index contributed by atoms with van der Waals surface area (Å²) < 4.78 is 0. The summed E-state index contributed by atoms with van der Waals surface area (Å²) in [6.45, 7) is 0. The number of hydrogen-bond acceptors (Lipinski definition) is 0. The van der Waals surface area contributed by atoms with Crippen LogP contribution in [0.3, 0.4) is 0 Å². The molecule has 1 N–H and O–H groups in total. The summed E-state index contributed by atoms with van der Waals surface area (Å²) >= 11 is 0.312. The van der Waals surface area contributed by atoms with Crippen molar-refractivity contribution in [3.63, 3.8) is 0 Å². The number of nitrogens with one attached hydrogen (secondary N) is 1. The van der Waals surface area contributed by atoms with Gasteiger partial charge in [0.25, 0.3) is 0 Å². The van der Waals surface area contributed by atoms with Gasteiger partial charge in [-0.15, -0.1) is 6.04 Å². The molecule has 10 heavy (non-hydrogen) atoms. The van der Waals surface area contributed by atoms with Crippen LogP contribution in [0.2, 0.25) is 11.0 Å². The Kier molecular flexibility index (Phi) is 8.16. The van der Waals surface area contributed by atoms with Crippen molar-refractivity contribution in [3.8, 4) is 0 Å². The summed E-state index contributed by atoms with van der Waals surface area (Å²) in [5, 5.41) is 0. The van der Waals surface area contributed by atoms with Crippen LogP contribution >= 0.6 is 0 Å². The second-order valence-electron chi connectivity index (χ2n) is 2.91. The molecule has 0 aromatic rings. The molecule has 0 atom stereocenters. The molecule has 1 fully saturated rings. The van der Waals surface area contributed by atoms with Crippen LogP contribution in [-0.4, -0.2) is 23.5 Å². The predicted octanol–water partition coefficient (Wildman–Crippen LogP) is 3.16. The zero-order valence-electron chi connectivity index (χ0n) is 7.19. The monoisotopic (exact) mass is 197 g/mol. The van der Waals surface area contributed by atoms with Crippen LogP contribution in [0.1, 0.15) is 32.1 Å². The first-order valence-electron chi connectivity index (χ1n) is 4.26. The molecule has 1 rings (SSSR count). The van der Waals surface area contributed by atoms with Crippen molar-refractivity contribution in [2.75, 3.05) is 0 Å². The van der Waals surface area contributed by atoms with Crippen molar-refractivity contribution in [3.05, 3.63) is 5.73 Å². The molecule has 0 spiro atoms. The second kappa shape index (κ2) is 7.70. The molecule has 0 amide bonds. The summed E-state index contributed by atoms with van der Waals surface area (Å²) in [6.07, 6.45) is 6.28. The summed E-state index contributed by atoms with van der Waals surface area (Å²) in [7, 11) is 0. The standard InChI is InChI=1S/C6H12N.2CH3.Ga/c7-6-4-2-1-3-5-6;;;/h6-7H,1-5H2;2*1H3;/q-1;;;+1. The fraction of sp³-hybridized carbons (Fsp3) is 1.00. The fourth-order valence-corrected chi connectivity index (χ4v) is 1.10. The third-order valence-corrected chi connectivity index (χ3v) is 1.61. The Balaban J connectivity index is 0.000000236. The van der Waals surface area contributed by atoms with Gasteiger partial charge < -0.3 is 5.73 Å². The Hall–Kier alpha value is 0.596. The summed E-state index contributed by atoms with van der Waals surface area (Å²) in [5.41, 5.74) is 11.8. The van der Waals surface area contributed by atoms with Crippen LogP contribution in [0, 0.1) is 0 Å². The maximum atomic E-state index is 7.27. The Morgan fingerprint density at radius 1 is 1.10 bits per heavy atom. The molecule has 1 saturated carbocycles. The van der Waals surface area contributed by atoms with Crippen molar-refractivity contribution in [2.45, 2.75) is 49.1 Å². The van der Waals surface area contributed by atoms with Crippen LogP contribution < -0.4 is 0 Å². The van der Waals surface area contributed by atoms with E-state index in [-0.39, 0.29) is 6.04 Å². The third kappa shape index (κ3) is 6.71. The normalized spacial score (nSPS) is 18.7. The quantitative estimate of drug-likeness (QED) is 0.533. The van der Waals surface area contributed by atoms with Crippen LogP contribution in [-0.2, 0) is 0 Å². The molecule has 0 aromatic heterocycles. The van der Waals surface area contributed by atoms with Crippen molar-refractivity contribution in [1.29, 1.82) is 0 Å². The molecule has 0 bridgehead atoms. The number of hydrogen-bond donors (Lipinski definition) is 0. The zero-order chi connectivity index (χ0) is 7.82. The van der Waals surface area contributed by atoms with E-state index in [1.54, 1.807) is 0 Å². The van der Waals surface area contributed by atoms with Crippen molar-refractivity contribution in [1.82, 2.24) is 0 Å². The zero-order valence-corrected chi connectivity index (χ0v) is 9.61. The Labute approximate surface area is 72.5 Å². The first-order valence-corrected chi connectivity index (χ1v) is 9.11. The van der Waals surface area contributed by atoms with Gasteiger partial charge in [0.15, 0.2) is 0 Å². The van der Waals surface area contributed by atoms with Crippen LogP contribution in [0.4, 0.5) is 0 Å². The molecule has 2 heteroatoms. The summed E-state index contributed by atoms with van der Waals surface area (Å²) in [4.78, 5) is 0. The van der Waals surface area contributed by atoms with Gasteiger partial charge in [-0.1, -0.05) is 32.1 Å². The van der Waals surface area contributed by atoms with Crippen molar-refractivity contribution in [2.24, 2.45) is 0 Å². The largest absolute Gasteiger partial charge is 0.675 e. The van der Waals surface area contributed by atoms with Gasteiger partial charge >= 0.3 is 28.4 Å². The minimum atomic E-state index is 0.286. The third-order valence-electron chi connectivity index (χ3n) is 1.61. The van der Waals surface area contributed by atoms with Gasteiger partial charge in [0, 0.05) is 0 Å². The molecule has 0 heterocycles. The first kappa shape index (κ1) is 10.6. The van der Waals surface area contributed by atoms with E-state index in [0.717, 1.165) is 12.8 Å². The minimum Gasteiger partial charge on any atom is -0.675 e. The van der Waals surface area contributed by atoms with Gasteiger partial charge in [-0.2, -0.15) is 0 Å². The van der Waals surface area contributed by atoms with Gasteiger partial charge in [-0.05, 0) is 0 Å². The Morgan fingerprint density at radius 3 is 1.70 bits per heavy atom. The van der Waals surface area contributed by atoms with Crippen LogP contribution in [0.25, 0.3) is 5.73 Å². The van der Waals surface area contributed by atoms with E-state index in [2.05, 4.69) is 11.0 Å². The van der Waals surface area contributed by atoms with E-state index in [9.17, 15) is 0 Å². The molecule has 58 valence electrons. The molecular weight excluding hydrogens is 180 g/mol. The maximum Gasteiger partial charge on any atom is -0.0534 e. The van der Waals surface area contributed by atoms with Crippen LogP contribution in [0.15, 0.2) is 0 Å². The Morgan fingerprint density at radius 2 is 1.50 bits per heavy atom. The Bertz CT molecular complexity index is 60.3. The molecule has 0 unspecified atom stereocenters. The average Bonchev–Trinajstić information content (AvgIpc) is 1.91. The molecule has 0 saturated heterocycles. The van der Waals surface area contributed by atoms with E-state index in [0.29, 0.717) is 17.4 Å². The van der Waals surface area contributed by atoms with Gasteiger partial charge in [-0.3, -0.25) is 0 Å². The summed E-state index contributed by atoms with van der Waals surface area (Å²) in [5.74, 6) is 0. The van der Waals surface area contributed by atoms with E-state index in [4.69, 9.17) is 5.73 Å².